The van der Waals surface area contributed by atoms with E-state index in [4.69, 9.17) is 9.47 Å². The van der Waals surface area contributed by atoms with Gasteiger partial charge in [-0.25, -0.2) is 0 Å². The Kier molecular flexibility index (Phi) is 8.59. The predicted octanol–water partition coefficient (Wildman–Crippen LogP) is 4.54. The van der Waals surface area contributed by atoms with Crippen LogP contribution in [0.15, 0.2) is 48.0 Å². The number of benzene rings is 2. The molecule has 9 heteroatoms. The molecule has 0 bridgehead atoms. The van der Waals surface area contributed by atoms with Gasteiger partial charge in [0, 0.05) is 38.0 Å². The van der Waals surface area contributed by atoms with Crippen LogP contribution in [0.4, 0.5) is 5.69 Å². The van der Waals surface area contributed by atoms with Crippen molar-refractivity contribution in [1.82, 2.24) is 4.90 Å². The van der Waals surface area contributed by atoms with Gasteiger partial charge in [0.05, 0.1) is 23.1 Å². The van der Waals surface area contributed by atoms with Crippen LogP contribution in [0.25, 0.3) is 5.76 Å². The molecule has 1 saturated heterocycles. The van der Waals surface area contributed by atoms with Crippen LogP contribution in [-0.2, 0) is 14.3 Å². The van der Waals surface area contributed by atoms with Crippen molar-refractivity contribution in [3.8, 4) is 5.75 Å². The summed E-state index contributed by atoms with van der Waals surface area (Å²) in [7, 11) is 1.53. The van der Waals surface area contributed by atoms with Crippen molar-refractivity contribution in [3.05, 3.63) is 74.8 Å². The Morgan fingerprint density at radius 3 is 2.57 bits per heavy atom. The number of likely N-dealkylation sites (tertiary alicyclic amines) is 1. The highest BCUT2D eigenvalue weighted by molar-refractivity contribution is 6.46. The lowest BCUT2D eigenvalue weighted by molar-refractivity contribution is -0.384. The van der Waals surface area contributed by atoms with E-state index in [1.807, 2.05) is 6.92 Å². The number of ketones is 1. The van der Waals surface area contributed by atoms with E-state index in [2.05, 4.69) is 6.92 Å². The molecule has 0 aromatic heterocycles. The van der Waals surface area contributed by atoms with Crippen molar-refractivity contribution in [2.24, 2.45) is 0 Å². The quantitative estimate of drug-likeness (QED) is 0.125. The van der Waals surface area contributed by atoms with Gasteiger partial charge in [0.1, 0.15) is 11.5 Å². The maximum Gasteiger partial charge on any atom is 0.295 e. The molecule has 0 radical (unpaired) electrons. The zero-order valence-corrected chi connectivity index (χ0v) is 20.2. The highest BCUT2D eigenvalue weighted by atomic mass is 16.6. The van der Waals surface area contributed by atoms with Gasteiger partial charge in [-0.2, -0.15) is 0 Å². The maximum atomic E-state index is 13.1. The number of hydrogen-bond acceptors (Lipinski definition) is 7. The fourth-order valence-corrected chi connectivity index (χ4v) is 4.09. The lowest BCUT2D eigenvalue weighted by Gasteiger charge is -2.25. The molecule has 1 N–H and O–H groups in total. The number of aliphatic hydroxyl groups is 1. The average Bonchev–Trinajstić information content (AvgIpc) is 3.10. The van der Waals surface area contributed by atoms with Gasteiger partial charge in [0.25, 0.3) is 17.4 Å². The smallest absolute Gasteiger partial charge is 0.295 e. The van der Waals surface area contributed by atoms with E-state index in [0.29, 0.717) is 36.5 Å². The average molecular weight is 483 g/mol. The Bertz CT molecular complexity index is 1140. The third kappa shape index (κ3) is 5.68. The fourth-order valence-electron chi connectivity index (χ4n) is 4.09. The minimum absolute atomic E-state index is 0.105. The number of non-ortho nitro benzene ring substituents is 1. The van der Waals surface area contributed by atoms with Gasteiger partial charge in [0.15, 0.2) is 0 Å². The molecular weight excluding hydrogens is 452 g/mol. The number of carbonyl (C=O) groups is 2. The highest BCUT2D eigenvalue weighted by Crippen LogP contribution is 2.40. The van der Waals surface area contributed by atoms with Gasteiger partial charge in [-0.05, 0) is 49.1 Å². The van der Waals surface area contributed by atoms with Crippen LogP contribution in [0.2, 0.25) is 0 Å². The normalized spacial score (nSPS) is 17.1. The molecule has 3 rings (SSSR count). The number of nitro benzene ring substituents is 1. The fraction of sp³-hybridized carbons (Fsp3) is 0.385. The predicted molar refractivity (Wildman–Crippen MR) is 130 cm³/mol. The van der Waals surface area contributed by atoms with Crippen molar-refractivity contribution in [3.63, 3.8) is 0 Å². The Morgan fingerprint density at radius 2 is 1.91 bits per heavy atom. The molecule has 2 aromatic carbocycles. The number of aryl methyl sites for hydroxylation is 1. The first kappa shape index (κ1) is 25.9. The van der Waals surface area contributed by atoms with Gasteiger partial charge in [-0.1, -0.05) is 25.5 Å². The summed E-state index contributed by atoms with van der Waals surface area (Å²) in [6.45, 7) is 5.02. The van der Waals surface area contributed by atoms with Crippen LogP contribution in [0.5, 0.6) is 5.75 Å². The third-order valence-electron chi connectivity index (χ3n) is 5.89. The van der Waals surface area contributed by atoms with E-state index in [1.165, 1.54) is 30.2 Å². The number of carbonyl (C=O) groups excluding carboxylic acids is 2. The first-order valence-corrected chi connectivity index (χ1v) is 11.6. The molecule has 0 unspecified atom stereocenters. The van der Waals surface area contributed by atoms with E-state index < -0.39 is 22.7 Å². The first-order valence-electron chi connectivity index (χ1n) is 11.6. The lowest BCUT2D eigenvalue weighted by Crippen LogP contribution is -2.31. The van der Waals surface area contributed by atoms with E-state index in [0.717, 1.165) is 18.4 Å². The summed E-state index contributed by atoms with van der Waals surface area (Å²) in [4.78, 5) is 38.2. The SMILES string of the molecule is CCCCOc1ccc(C(O)=C2C(=O)C(=O)N(CCCOC)[C@H]2c2cccc([N+](=O)[O-])c2)cc1C. The number of hydrogen-bond donors (Lipinski definition) is 1. The van der Waals surface area contributed by atoms with Crippen LogP contribution in [0.1, 0.15) is 48.9 Å². The van der Waals surface area contributed by atoms with Gasteiger partial charge < -0.3 is 19.5 Å². The number of aliphatic hydroxyl groups excluding tert-OH is 1. The molecule has 2 aromatic rings. The molecule has 0 saturated carbocycles. The van der Waals surface area contributed by atoms with Gasteiger partial charge in [0.2, 0.25) is 0 Å². The summed E-state index contributed by atoms with van der Waals surface area (Å²) in [5.41, 5.74) is 1.22. The second kappa shape index (κ2) is 11.6. The number of ether oxygens (including phenoxy) is 2. The molecule has 1 atom stereocenters. The van der Waals surface area contributed by atoms with Crippen LogP contribution >= 0.6 is 0 Å². The molecule has 0 spiro atoms. The van der Waals surface area contributed by atoms with Crippen molar-refractivity contribution in [1.29, 1.82) is 0 Å². The zero-order chi connectivity index (χ0) is 25.5. The first-order chi connectivity index (χ1) is 16.8. The summed E-state index contributed by atoms with van der Waals surface area (Å²) < 4.78 is 10.8. The summed E-state index contributed by atoms with van der Waals surface area (Å²) in [5.74, 6) is -1.27. The number of rotatable bonds is 11. The molecular formula is C26H30N2O7. The van der Waals surface area contributed by atoms with Gasteiger partial charge >= 0.3 is 0 Å². The summed E-state index contributed by atoms with van der Waals surface area (Å²) in [6.07, 6.45) is 2.37. The van der Waals surface area contributed by atoms with E-state index in [-0.39, 0.29) is 23.6 Å². The van der Waals surface area contributed by atoms with Crippen LogP contribution in [0, 0.1) is 17.0 Å². The summed E-state index contributed by atoms with van der Waals surface area (Å²) >= 11 is 0. The largest absolute Gasteiger partial charge is 0.507 e. The number of amides is 1. The standard InChI is InChI=1S/C26H30N2O7/c1-4-5-14-35-21-11-10-19(15-17(21)2)24(29)22-23(18-8-6-9-20(16-18)28(32)33)27(12-7-13-34-3)26(31)25(22)30/h6,8-11,15-16,23,29H,4-5,7,12-14H2,1-3H3/t23-/m0/s1. The molecule has 1 aliphatic heterocycles. The topological polar surface area (TPSA) is 119 Å². The Hall–Kier alpha value is -3.72. The molecule has 0 aliphatic carbocycles. The van der Waals surface area contributed by atoms with E-state index in [9.17, 15) is 24.8 Å². The number of nitro groups is 1. The number of unbranched alkanes of at least 4 members (excludes halogenated alkanes) is 1. The monoisotopic (exact) mass is 482 g/mol. The van der Waals surface area contributed by atoms with Gasteiger partial charge in [-0.15, -0.1) is 0 Å². The second-order valence-electron chi connectivity index (χ2n) is 8.37. The number of nitrogens with zero attached hydrogens (tertiary/aromatic N) is 2. The Morgan fingerprint density at radius 1 is 1.14 bits per heavy atom. The molecule has 186 valence electrons. The molecule has 1 aliphatic rings. The lowest BCUT2D eigenvalue weighted by atomic mass is 9.94. The third-order valence-corrected chi connectivity index (χ3v) is 5.89. The van der Waals surface area contributed by atoms with Crippen LogP contribution < -0.4 is 4.74 Å². The number of methoxy groups -OCH3 is 1. The highest BCUT2D eigenvalue weighted by Gasteiger charge is 2.46. The second-order valence-corrected chi connectivity index (χ2v) is 8.37. The van der Waals surface area contributed by atoms with Crippen LogP contribution in [-0.4, -0.2) is 53.5 Å². The molecule has 1 heterocycles. The van der Waals surface area contributed by atoms with Crippen LogP contribution in [0.3, 0.4) is 0 Å². The van der Waals surface area contributed by atoms with E-state index >= 15 is 0 Å². The zero-order valence-electron chi connectivity index (χ0n) is 20.2. The molecule has 1 fully saturated rings. The number of Topliss-reactive ketones (excluding diaryl/α,β-unsaturated/α-hetero) is 1. The van der Waals surface area contributed by atoms with E-state index in [1.54, 1.807) is 24.3 Å². The maximum absolute atomic E-state index is 13.1. The minimum atomic E-state index is -0.965. The Balaban J connectivity index is 2.08. The molecule has 9 nitrogen and oxygen atoms in total. The van der Waals surface area contributed by atoms with Crippen molar-refractivity contribution in [2.45, 2.75) is 39.2 Å². The summed E-state index contributed by atoms with van der Waals surface area (Å²) in [6, 6.07) is 9.84. The minimum Gasteiger partial charge on any atom is -0.507 e. The van der Waals surface area contributed by atoms with Crippen molar-refractivity contribution < 1.29 is 29.1 Å². The van der Waals surface area contributed by atoms with Gasteiger partial charge in [-0.3, -0.25) is 19.7 Å². The van der Waals surface area contributed by atoms with Crippen molar-refractivity contribution >= 4 is 23.1 Å². The molecule has 35 heavy (non-hydrogen) atoms. The molecule has 1 amide bonds. The summed E-state index contributed by atoms with van der Waals surface area (Å²) in [5, 5.41) is 22.6. The Labute approximate surface area is 204 Å². The van der Waals surface area contributed by atoms with Crippen molar-refractivity contribution in [2.75, 3.05) is 26.9 Å².